The Morgan fingerprint density at radius 1 is 1.33 bits per heavy atom. The molecule has 1 rings (SSSR count). The SMILES string of the molecule is O=S(=O)(CCCl)Nc1cc(Br)ccc1Br. The van der Waals surface area contributed by atoms with Crippen LogP contribution in [-0.2, 0) is 10.0 Å². The molecule has 0 saturated carbocycles. The first-order valence-corrected chi connectivity index (χ1v) is 7.73. The van der Waals surface area contributed by atoms with E-state index >= 15 is 0 Å². The molecule has 0 radical (unpaired) electrons. The molecular weight excluding hydrogens is 369 g/mol. The number of hydrogen-bond acceptors (Lipinski definition) is 2. The van der Waals surface area contributed by atoms with Gasteiger partial charge in [0.05, 0.1) is 11.4 Å². The molecule has 0 unspecified atom stereocenters. The second-order valence-electron chi connectivity index (χ2n) is 2.73. The predicted octanol–water partition coefficient (Wildman–Crippen LogP) is 3.19. The van der Waals surface area contributed by atoms with Crippen molar-refractivity contribution in [3.8, 4) is 0 Å². The maximum atomic E-state index is 11.4. The molecule has 0 heterocycles. The van der Waals surface area contributed by atoms with Crippen molar-refractivity contribution in [3.05, 3.63) is 27.1 Å². The number of rotatable bonds is 4. The summed E-state index contributed by atoms with van der Waals surface area (Å²) >= 11 is 11.9. The van der Waals surface area contributed by atoms with Crippen molar-refractivity contribution in [3.63, 3.8) is 0 Å². The molecule has 1 aromatic rings. The average Bonchev–Trinajstić information content (AvgIpc) is 2.10. The van der Waals surface area contributed by atoms with Gasteiger partial charge in [-0.2, -0.15) is 0 Å². The maximum Gasteiger partial charge on any atom is 0.233 e. The van der Waals surface area contributed by atoms with Gasteiger partial charge in [-0.15, -0.1) is 11.6 Å². The largest absolute Gasteiger partial charge is 0.282 e. The maximum absolute atomic E-state index is 11.4. The minimum absolute atomic E-state index is 0.0704. The van der Waals surface area contributed by atoms with E-state index in [9.17, 15) is 8.42 Å². The summed E-state index contributed by atoms with van der Waals surface area (Å²) in [6, 6.07) is 5.24. The fraction of sp³-hybridized carbons (Fsp3) is 0.250. The fourth-order valence-electron chi connectivity index (χ4n) is 0.896. The second-order valence-corrected chi connectivity index (χ2v) is 6.72. The molecule has 0 spiro atoms. The Morgan fingerprint density at radius 3 is 2.60 bits per heavy atom. The van der Waals surface area contributed by atoms with Crippen LogP contribution in [0.15, 0.2) is 27.1 Å². The molecular formula is C8H8Br2ClNO2S. The van der Waals surface area contributed by atoms with E-state index in [0.717, 1.165) is 4.47 Å². The fourth-order valence-corrected chi connectivity index (χ4v) is 3.15. The average molecular weight is 377 g/mol. The Hall–Kier alpha value is 0.220. The Morgan fingerprint density at radius 2 is 2.00 bits per heavy atom. The lowest BCUT2D eigenvalue weighted by Crippen LogP contribution is -2.17. The van der Waals surface area contributed by atoms with Crippen molar-refractivity contribution < 1.29 is 8.42 Å². The number of benzene rings is 1. The zero-order valence-corrected chi connectivity index (χ0v) is 12.2. The number of anilines is 1. The standard InChI is InChI=1S/C8H8Br2ClNO2S/c9-6-1-2-7(10)8(5-6)12-15(13,14)4-3-11/h1-2,5,12H,3-4H2. The normalized spacial score (nSPS) is 11.4. The molecule has 0 fully saturated rings. The predicted molar refractivity (Wildman–Crippen MR) is 70.0 cm³/mol. The molecule has 15 heavy (non-hydrogen) atoms. The summed E-state index contributed by atoms with van der Waals surface area (Å²) < 4.78 is 26.8. The highest BCUT2D eigenvalue weighted by atomic mass is 79.9. The molecule has 0 aliphatic heterocycles. The summed E-state index contributed by atoms with van der Waals surface area (Å²) in [5, 5.41) is 0. The van der Waals surface area contributed by atoms with E-state index in [1.165, 1.54) is 0 Å². The smallest absolute Gasteiger partial charge is 0.233 e. The van der Waals surface area contributed by atoms with E-state index < -0.39 is 10.0 Å². The van der Waals surface area contributed by atoms with Gasteiger partial charge in [0, 0.05) is 14.8 Å². The van der Waals surface area contributed by atoms with Crippen LogP contribution in [-0.4, -0.2) is 20.1 Å². The Kier molecular flexibility index (Phi) is 4.89. The van der Waals surface area contributed by atoms with Crippen LogP contribution >= 0.6 is 43.5 Å². The van der Waals surface area contributed by atoms with Crippen molar-refractivity contribution in [1.29, 1.82) is 0 Å². The molecule has 84 valence electrons. The van der Waals surface area contributed by atoms with Crippen LogP contribution < -0.4 is 4.72 Å². The van der Waals surface area contributed by atoms with Gasteiger partial charge in [-0.25, -0.2) is 8.42 Å². The van der Waals surface area contributed by atoms with Crippen LogP contribution in [0.25, 0.3) is 0 Å². The van der Waals surface area contributed by atoms with E-state index in [1.54, 1.807) is 12.1 Å². The first kappa shape index (κ1) is 13.3. The quantitative estimate of drug-likeness (QED) is 0.819. The summed E-state index contributed by atoms with van der Waals surface area (Å²) in [7, 11) is -3.36. The lowest BCUT2D eigenvalue weighted by molar-refractivity contribution is 0.602. The number of sulfonamides is 1. The lowest BCUT2D eigenvalue weighted by Gasteiger charge is -2.08. The minimum atomic E-state index is -3.36. The molecule has 7 heteroatoms. The molecule has 1 N–H and O–H groups in total. The van der Waals surface area contributed by atoms with E-state index in [-0.39, 0.29) is 11.6 Å². The van der Waals surface area contributed by atoms with E-state index in [2.05, 4.69) is 36.6 Å². The molecule has 0 aromatic heterocycles. The third kappa shape index (κ3) is 4.30. The highest BCUT2D eigenvalue weighted by Crippen LogP contribution is 2.26. The van der Waals surface area contributed by atoms with Gasteiger partial charge in [0.25, 0.3) is 0 Å². The second kappa shape index (κ2) is 5.52. The van der Waals surface area contributed by atoms with E-state index in [4.69, 9.17) is 11.6 Å². The monoisotopic (exact) mass is 375 g/mol. The van der Waals surface area contributed by atoms with Crippen LogP contribution in [0.1, 0.15) is 0 Å². The number of hydrogen-bond donors (Lipinski definition) is 1. The highest BCUT2D eigenvalue weighted by Gasteiger charge is 2.11. The zero-order chi connectivity index (χ0) is 11.5. The number of alkyl halides is 1. The third-order valence-electron chi connectivity index (χ3n) is 1.54. The van der Waals surface area contributed by atoms with Gasteiger partial charge < -0.3 is 0 Å². The van der Waals surface area contributed by atoms with Crippen LogP contribution in [0.2, 0.25) is 0 Å². The van der Waals surface area contributed by atoms with Gasteiger partial charge in [-0.1, -0.05) is 15.9 Å². The minimum Gasteiger partial charge on any atom is -0.282 e. The summed E-state index contributed by atoms with van der Waals surface area (Å²) in [4.78, 5) is 0. The highest BCUT2D eigenvalue weighted by molar-refractivity contribution is 9.11. The first-order valence-electron chi connectivity index (χ1n) is 3.96. The van der Waals surface area contributed by atoms with Crippen LogP contribution in [0.5, 0.6) is 0 Å². The summed E-state index contributed by atoms with van der Waals surface area (Å²) in [5.41, 5.74) is 0.495. The van der Waals surface area contributed by atoms with Gasteiger partial charge in [0.15, 0.2) is 0 Å². The van der Waals surface area contributed by atoms with Crippen molar-refractivity contribution in [1.82, 2.24) is 0 Å². The molecule has 0 aliphatic carbocycles. The van der Waals surface area contributed by atoms with Crippen molar-refractivity contribution in [2.24, 2.45) is 0 Å². The van der Waals surface area contributed by atoms with Crippen LogP contribution in [0, 0.1) is 0 Å². The Bertz CT molecular complexity index is 450. The molecule has 3 nitrogen and oxygen atoms in total. The summed E-state index contributed by atoms with van der Waals surface area (Å²) in [5.74, 6) is -0.0333. The van der Waals surface area contributed by atoms with Crippen molar-refractivity contribution >= 4 is 59.2 Å². The molecule has 0 aliphatic rings. The topological polar surface area (TPSA) is 46.2 Å². The summed E-state index contributed by atoms with van der Waals surface area (Å²) in [6.45, 7) is 0. The van der Waals surface area contributed by atoms with Crippen LogP contribution in [0.4, 0.5) is 5.69 Å². The van der Waals surface area contributed by atoms with Gasteiger partial charge >= 0.3 is 0 Å². The van der Waals surface area contributed by atoms with Gasteiger partial charge in [0.1, 0.15) is 0 Å². The molecule has 1 aromatic carbocycles. The van der Waals surface area contributed by atoms with Crippen molar-refractivity contribution in [2.75, 3.05) is 16.4 Å². The molecule has 0 amide bonds. The Balaban J connectivity index is 2.94. The van der Waals surface area contributed by atoms with E-state index in [0.29, 0.717) is 10.2 Å². The molecule has 0 bridgehead atoms. The Labute approximate surface area is 111 Å². The summed E-state index contributed by atoms with van der Waals surface area (Å²) in [6.07, 6.45) is 0. The number of nitrogens with one attached hydrogen (secondary N) is 1. The van der Waals surface area contributed by atoms with Gasteiger partial charge in [-0.05, 0) is 34.1 Å². The van der Waals surface area contributed by atoms with Gasteiger partial charge in [-0.3, -0.25) is 4.72 Å². The van der Waals surface area contributed by atoms with Gasteiger partial charge in [0.2, 0.25) is 10.0 Å². The van der Waals surface area contributed by atoms with Crippen molar-refractivity contribution in [2.45, 2.75) is 0 Å². The molecule has 0 atom stereocenters. The van der Waals surface area contributed by atoms with E-state index in [1.807, 2.05) is 6.07 Å². The molecule has 0 saturated heterocycles. The first-order chi connectivity index (χ1) is 6.94. The lowest BCUT2D eigenvalue weighted by atomic mass is 10.3. The number of halogens is 3. The van der Waals surface area contributed by atoms with Crippen LogP contribution in [0.3, 0.4) is 0 Å². The zero-order valence-electron chi connectivity index (χ0n) is 7.50. The third-order valence-corrected chi connectivity index (χ3v) is 4.41.